The molecule has 2 aliphatic rings. The fourth-order valence-electron chi connectivity index (χ4n) is 4.55. The molecule has 2 atom stereocenters. The molecule has 0 aromatic heterocycles. The number of hydrogen-bond acceptors (Lipinski definition) is 3. The molecule has 1 amide bonds. The van der Waals surface area contributed by atoms with Crippen molar-refractivity contribution in [1.82, 2.24) is 4.90 Å². The maximum absolute atomic E-state index is 13.1. The van der Waals surface area contributed by atoms with Crippen LogP contribution in [-0.4, -0.2) is 48.7 Å². The summed E-state index contributed by atoms with van der Waals surface area (Å²) in [5.41, 5.74) is -0.938. The van der Waals surface area contributed by atoms with Crippen LogP contribution in [0.5, 0.6) is 0 Å². The molecule has 2 fully saturated rings. The molecule has 138 valence electrons. The molecular formula is C19H33NO4. The van der Waals surface area contributed by atoms with E-state index in [-0.39, 0.29) is 18.4 Å². The quantitative estimate of drug-likeness (QED) is 0.736. The SMILES string of the molecule is CCCC(CC1CCCC1)C(=O)N1CCCC(COC)(C(=O)O)C1. The van der Waals surface area contributed by atoms with Crippen LogP contribution in [0.4, 0.5) is 0 Å². The molecule has 0 bridgehead atoms. The van der Waals surface area contributed by atoms with E-state index in [0.717, 1.165) is 25.7 Å². The average molecular weight is 339 g/mol. The summed E-state index contributed by atoms with van der Waals surface area (Å²) in [6.45, 7) is 3.27. The van der Waals surface area contributed by atoms with E-state index in [1.165, 1.54) is 32.8 Å². The van der Waals surface area contributed by atoms with Gasteiger partial charge in [0.05, 0.1) is 6.61 Å². The maximum atomic E-state index is 13.1. The van der Waals surface area contributed by atoms with Gasteiger partial charge in [0.25, 0.3) is 0 Å². The first-order chi connectivity index (χ1) is 11.5. The van der Waals surface area contributed by atoms with E-state index in [1.807, 2.05) is 4.90 Å². The molecule has 5 nitrogen and oxygen atoms in total. The smallest absolute Gasteiger partial charge is 0.313 e. The number of carbonyl (C=O) groups is 2. The third-order valence-electron chi connectivity index (χ3n) is 5.84. The van der Waals surface area contributed by atoms with Gasteiger partial charge in [0, 0.05) is 26.1 Å². The summed E-state index contributed by atoms with van der Waals surface area (Å²) in [4.78, 5) is 26.7. The highest BCUT2D eigenvalue weighted by Crippen LogP contribution is 2.35. The van der Waals surface area contributed by atoms with Gasteiger partial charge in [-0.25, -0.2) is 0 Å². The van der Waals surface area contributed by atoms with E-state index < -0.39 is 11.4 Å². The van der Waals surface area contributed by atoms with Crippen molar-refractivity contribution < 1.29 is 19.4 Å². The Balaban J connectivity index is 2.05. The first-order valence-corrected chi connectivity index (χ1v) is 9.53. The van der Waals surface area contributed by atoms with Gasteiger partial charge in [-0.2, -0.15) is 0 Å². The fourth-order valence-corrected chi connectivity index (χ4v) is 4.55. The van der Waals surface area contributed by atoms with Gasteiger partial charge in [-0.05, 0) is 31.6 Å². The lowest BCUT2D eigenvalue weighted by Crippen LogP contribution is -2.53. The summed E-state index contributed by atoms with van der Waals surface area (Å²) in [5.74, 6) is 0.0681. The van der Waals surface area contributed by atoms with Crippen molar-refractivity contribution in [2.45, 2.75) is 64.7 Å². The molecule has 0 aromatic carbocycles. The summed E-state index contributed by atoms with van der Waals surface area (Å²) in [7, 11) is 1.53. The van der Waals surface area contributed by atoms with Crippen molar-refractivity contribution in [1.29, 1.82) is 0 Å². The molecule has 1 aliphatic heterocycles. The largest absolute Gasteiger partial charge is 0.481 e. The lowest BCUT2D eigenvalue weighted by molar-refractivity contribution is -0.160. The molecular weight excluding hydrogens is 306 g/mol. The van der Waals surface area contributed by atoms with Crippen molar-refractivity contribution in [3.05, 3.63) is 0 Å². The standard InChI is InChI=1S/C19H33NO4/c1-3-7-16(12-15-8-4-5-9-15)17(21)20-11-6-10-19(13-20,14-24-2)18(22)23/h15-16H,3-14H2,1-2H3,(H,22,23). The summed E-state index contributed by atoms with van der Waals surface area (Å²) < 4.78 is 5.17. The Kier molecular flexibility index (Phi) is 7.08. The number of aliphatic carboxylic acids is 1. The Morgan fingerprint density at radius 2 is 2.00 bits per heavy atom. The Morgan fingerprint density at radius 1 is 1.29 bits per heavy atom. The van der Waals surface area contributed by atoms with E-state index in [0.29, 0.717) is 25.4 Å². The molecule has 1 N–H and O–H groups in total. The first-order valence-electron chi connectivity index (χ1n) is 9.53. The third-order valence-corrected chi connectivity index (χ3v) is 5.84. The molecule has 1 saturated carbocycles. The van der Waals surface area contributed by atoms with Crippen molar-refractivity contribution >= 4 is 11.9 Å². The van der Waals surface area contributed by atoms with Crippen molar-refractivity contribution in [3.63, 3.8) is 0 Å². The number of likely N-dealkylation sites (tertiary alicyclic amines) is 1. The molecule has 0 radical (unpaired) electrons. The van der Waals surface area contributed by atoms with Gasteiger partial charge >= 0.3 is 5.97 Å². The van der Waals surface area contributed by atoms with Crippen molar-refractivity contribution in [3.8, 4) is 0 Å². The molecule has 0 spiro atoms. The lowest BCUT2D eigenvalue weighted by atomic mass is 9.79. The monoisotopic (exact) mass is 339 g/mol. The number of nitrogens with zero attached hydrogens (tertiary/aromatic N) is 1. The van der Waals surface area contributed by atoms with E-state index in [9.17, 15) is 14.7 Å². The Morgan fingerprint density at radius 3 is 2.58 bits per heavy atom. The molecule has 2 rings (SSSR count). The van der Waals surface area contributed by atoms with E-state index >= 15 is 0 Å². The molecule has 0 aromatic rings. The topological polar surface area (TPSA) is 66.8 Å². The molecule has 1 heterocycles. The Hall–Kier alpha value is -1.10. The predicted octanol–water partition coefficient (Wildman–Crippen LogP) is 3.32. The van der Waals surface area contributed by atoms with Gasteiger partial charge in [-0.3, -0.25) is 9.59 Å². The molecule has 1 saturated heterocycles. The zero-order valence-corrected chi connectivity index (χ0v) is 15.3. The molecule has 24 heavy (non-hydrogen) atoms. The van der Waals surface area contributed by atoms with Gasteiger partial charge in [-0.15, -0.1) is 0 Å². The van der Waals surface area contributed by atoms with Crippen LogP contribution >= 0.6 is 0 Å². The third kappa shape index (κ3) is 4.50. The number of carboxylic acids is 1. The summed E-state index contributed by atoms with van der Waals surface area (Å²) in [6.07, 6.45) is 9.29. The molecule has 1 aliphatic carbocycles. The van der Waals surface area contributed by atoms with Crippen LogP contribution in [0.15, 0.2) is 0 Å². The number of methoxy groups -OCH3 is 1. The van der Waals surface area contributed by atoms with Crippen LogP contribution in [0.3, 0.4) is 0 Å². The van der Waals surface area contributed by atoms with Crippen molar-refractivity contribution in [2.75, 3.05) is 26.8 Å². The second-order valence-corrected chi connectivity index (χ2v) is 7.75. The Bertz CT molecular complexity index is 429. The van der Waals surface area contributed by atoms with E-state index in [4.69, 9.17) is 4.74 Å². The first kappa shape index (κ1) is 19.2. The zero-order valence-electron chi connectivity index (χ0n) is 15.3. The summed E-state index contributed by atoms with van der Waals surface area (Å²) in [6, 6.07) is 0. The number of piperidine rings is 1. The normalized spacial score (nSPS) is 26.5. The molecule has 2 unspecified atom stereocenters. The number of ether oxygens (including phenoxy) is 1. The van der Waals surface area contributed by atoms with Crippen LogP contribution in [0.2, 0.25) is 0 Å². The number of hydrogen-bond donors (Lipinski definition) is 1. The van der Waals surface area contributed by atoms with Crippen LogP contribution in [0, 0.1) is 17.3 Å². The number of carbonyl (C=O) groups excluding carboxylic acids is 1. The van der Waals surface area contributed by atoms with Crippen LogP contribution in [0.25, 0.3) is 0 Å². The minimum absolute atomic E-state index is 0.0604. The van der Waals surface area contributed by atoms with Gasteiger partial charge in [0.15, 0.2) is 0 Å². The molecule has 5 heteroatoms. The highest BCUT2D eigenvalue weighted by atomic mass is 16.5. The second-order valence-electron chi connectivity index (χ2n) is 7.75. The zero-order chi connectivity index (χ0) is 17.6. The fraction of sp³-hybridized carbons (Fsp3) is 0.895. The van der Waals surface area contributed by atoms with E-state index in [1.54, 1.807) is 0 Å². The van der Waals surface area contributed by atoms with Crippen LogP contribution in [0.1, 0.15) is 64.7 Å². The minimum atomic E-state index is -0.938. The predicted molar refractivity (Wildman–Crippen MR) is 92.7 cm³/mol. The highest BCUT2D eigenvalue weighted by molar-refractivity contribution is 5.81. The van der Waals surface area contributed by atoms with Crippen LogP contribution < -0.4 is 0 Å². The van der Waals surface area contributed by atoms with Gasteiger partial charge in [0.2, 0.25) is 5.91 Å². The van der Waals surface area contributed by atoms with E-state index in [2.05, 4.69) is 6.92 Å². The van der Waals surface area contributed by atoms with Crippen LogP contribution in [-0.2, 0) is 14.3 Å². The summed E-state index contributed by atoms with van der Waals surface area (Å²) in [5, 5.41) is 9.67. The number of rotatable bonds is 8. The maximum Gasteiger partial charge on any atom is 0.313 e. The van der Waals surface area contributed by atoms with Gasteiger partial charge in [-0.1, -0.05) is 39.0 Å². The van der Waals surface area contributed by atoms with Gasteiger partial charge in [0.1, 0.15) is 5.41 Å². The second kappa shape index (κ2) is 8.84. The lowest BCUT2D eigenvalue weighted by Gasteiger charge is -2.41. The van der Waals surface area contributed by atoms with Gasteiger partial charge < -0.3 is 14.7 Å². The highest BCUT2D eigenvalue weighted by Gasteiger charge is 2.44. The number of amides is 1. The number of carboxylic acid groups (broad SMARTS) is 1. The Labute approximate surface area is 145 Å². The minimum Gasteiger partial charge on any atom is -0.481 e. The van der Waals surface area contributed by atoms with Crippen molar-refractivity contribution in [2.24, 2.45) is 17.3 Å². The summed E-state index contributed by atoms with van der Waals surface area (Å²) >= 11 is 0. The average Bonchev–Trinajstić information content (AvgIpc) is 3.07.